The SMILES string of the molecule is C[Si](C)(C)OC(=O)CS(=O)(=O)F. The molecule has 0 fully saturated rings. The van der Waals surface area contributed by atoms with Gasteiger partial charge in [-0.15, -0.1) is 3.89 Å². The summed E-state index contributed by atoms with van der Waals surface area (Å²) in [6.07, 6.45) is 0. The summed E-state index contributed by atoms with van der Waals surface area (Å²) in [5.41, 5.74) is 0. The molecular formula is C5H11FO4SSi. The molecule has 0 aliphatic carbocycles. The third-order valence-electron chi connectivity index (χ3n) is 0.710. The third-order valence-corrected chi connectivity index (χ3v) is 2.13. The molecule has 0 unspecified atom stereocenters. The highest BCUT2D eigenvalue weighted by Gasteiger charge is 2.23. The lowest BCUT2D eigenvalue weighted by atomic mass is 10.8. The first-order chi connectivity index (χ1) is 5.10. The average molecular weight is 214 g/mol. The Bertz CT molecular complexity index is 266. The number of hydrogen-bond donors (Lipinski definition) is 0. The van der Waals surface area contributed by atoms with Gasteiger partial charge in [-0.25, -0.2) is 0 Å². The molecule has 0 aliphatic heterocycles. The van der Waals surface area contributed by atoms with Crippen LogP contribution < -0.4 is 0 Å². The minimum atomic E-state index is -4.75. The van der Waals surface area contributed by atoms with Crippen LogP contribution in [0, 0.1) is 0 Å². The van der Waals surface area contributed by atoms with Crippen LogP contribution in [0.3, 0.4) is 0 Å². The van der Waals surface area contributed by atoms with Gasteiger partial charge in [0.1, 0.15) is 0 Å². The molecule has 0 aromatic carbocycles. The van der Waals surface area contributed by atoms with E-state index in [2.05, 4.69) is 0 Å². The molecule has 12 heavy (non-hydrogen) atoms. The second-order valence-corrected chi connectivity index (χ2v) is 9.06. The molecule has 0 aromatic heterocycles. The van der Waals surface area contributed by atoms with Crippen LogP contribution >= 0.6 is 0 Å². The van der Waals surface area contributed by atoms with Crippen molar-refractivity contribution in [2.75, 3.05) is 5.75 Å². The monoisotopic (exact) mass is 214 g/mol. The van der Waals surface area contributed by atoms with Crippen LogP contribution in [0.2, 0.25) is 19.6 Å². The van der Waals surface area contributed by atoms with E-state index in [1.165, 1.54) is 0 Å². The van der Waals surface area contributed by atoms with Crippen molar-refractivity contribution in [3.63, 3.8) is 0 Å². The fourth-order valence-electron chi connectivity index (χ4n) is 0.512. The summed E-state index contributed by atoms with van der Waals surface area (Å²) in [5, 5.41) is 0. The van der Waals surface area contributed by atoms with Gasteiger partial charge in [0.05, 0.1) is 0 Å². The van der Waals surface area contributed by atoms with Gasteiger partial charge in [-0.1, -0.05) is 0 Å². The summed E-state index contributed by atoms with van der Waals surface area (Å²) in [5.74, 6) is -2.20. The van der Waals surface area contributed by atoms with Crippen molar-refractivity contribution in [2.24, 2.45) is 0 Å². The standard InChI is InChI=1S/C5H11FO4SSi/c1-12(2,3)10-5(7)4-11(6,8)9/h4H2,1-3H3. The second-order valence-electron chi connectivity index (χ2n) is 3.27. The van der Waals surface area contributed by atoms with Crippen LogP contribution in [-0.4, -0.2) is 28.5 Å². The van der Waals surface area contributed by atoms with E-state index in [1.807, 2.05) is 0 Å². The van der Waals surface area contributed by atoms with Gasteiger partial charge in [0.25, 0.3) is 0 Å². The molecule has 4 nitrogen and oxygen atoms in total. The Balaban J connectivity index is 4.10. The predicted octanol–water partition coefficient (Wildman–Crippen LogP) is 0.664. The normalized spacial score (nSPS) is 12.7. The van der Waals surface area contributed by atoms with Gasteiger partial charge in [0.15, 0.2) is 5.75 Å². The zero-order valence-corrected chi connectivity index (χ0v) is 8.94. The Labute approximate surface area is 72.1 Å². The maximum absolute atomic E-state index is 11.9. The first-order valence-electron chi connectivity index (χ1n) is 3.24. The first-order valence-corrected chi connectivity index (χ1v) is 8.20. The van der Waals surface area contributed by atoms with E-state index < -0.39 is 30.3 Å². The summed E-state index contributed by atoms with van der Waals surface area (Å²) >= 11 is 0. The van der Waals surface area contributed by atoms with Crippen LogP contribution in [0.4, 0.5) is 3.89 Å². The zero-order chi connectivity index (χ0) is 9.99. The van der Waals surface area contributed by atoms with Crippen molar-refractivity contribution in [3.05, 3.63) is 0 Å². The topological polar surface area (TPSA) is 60.4 Å². The minimum Gasteiger partial charge on any atom is -0.519 e. The highest BCUT2D eigenvalue weighted by atomic mass is 32.3. The summed E-state index contributed by atoms with van der Waals surface area (Å²) in [7, 11) is -6.85. The lowest BCUT2D eigenvalue weighted by Gasteiger charge is -2.15. The Hall–Kier alpha value is -0.433. The van der Waals surface area contributed by atoms with Gasteiger partial charge in [-0.2, -0.15) is 8.42 Å². The van der Waals surface area contributed by atoms with E-state index in [0.717, 1.165) is 0 Å². The summed E-state index contributed by atoms with van der Waals surface area (Å²) in [6.45, 7) is 5.11. The highest BCUT2D eigenvalue weighted by molar-refractivity contribution is 7.87. The van der Waals surface area contributed by atoms with Gasteiger partial charge in [-0.05, 0) is 19.6 Å². The van der Waals surface area contributed by atoms with Crippen LogP contribution in [0.15, 0.2) is 0 Å². The zero-order valence-electron chi connectivity index (χ0n) is 7.13. The van der Waals surface area contributed by atoms with Gasteiger partial charge in [0, 0.05) is 0 Å². The molecule has 0 spiro atoms. The van der Waals surface area contributed by atoms with E-state index in [1.54, 1.807) is 19.6 Å². The number of halogens is 1. The Kier molecular flexibility index (Phi) is 3.40. The Morgan fingerprint density at radius 1 is 1.42 bits per heavy atom. The van der Waals surface area contributed by atoms with Crippen LogP contribution in [-0.2, 0) is 19.4 Å². The highest BCUT2D eigenvalue weighted by Crippen LogP contribution is 2.04. The van der Waals surface area contributed by atoms with E-state index in [9.17, 15) is 17.1 Å². The number of hydrogen-bond acceptors (Lipinski definition) is 4. The lowest BCUT2D eigenvalue weighted by molar-refractivity contribution is -0.132. The fourth-order valence-corrected chi connectivity index (χ4v) is 1.71. The molecule has 0 radical (unpaired) electrons. The average Bonchev–Trinajstić information content (AvgIpc) is 1.49. The fraction of sp³-hybridized carbons (Fsp3) is 0.800. The summed E-state index contributed by atoms with van der Waals surface area (Å²) in [4.78, 5) is 10.7. The van der Waals surface area contributed by atoms with Gasteiger partial charge < -0.3 is 4.43 Å². The number of carbonyl (C=O) groups is 1. The molecule has 0 heterocycles. The molecule has 0 saturated heterocycles. The van der Waals surface area contributed by atoms with Crippen LogP contribution in [0.5, 0.6) is 0 Å². The van der Waals surface area contributed by atoms with Crippen molar-refractivity contribution < 1.29 is 21.5 Å². The molecular weight excluding hydrogens is 203 g/mol. The van der Waals surface area contributed by atoms with Crippen molar-refractivity contribution in [2.45, 2.75) is 19.6 Å². The molecule has 0 aromatic rings. The summed E-state index contributed by atoms with van der Waals surface area (Å²) in [6, 6.07) is 0. The van der Waals surface area contributed by atoms with Crippen molar-refractivity contribution in [1.82, 2.24) is 0 Å². The third kappa shape index (κ3) is 7.67. The maximum Gasteiger partial charge on any atom is 0.313 e. The minimum absolute atomic E-state index is 1.02. The number of rotatable bonds is 3. The molecule has 0 rings (SSSR count). The smallest absolute Gasteiger partial charge is 0.313 e. The van der Waals surface area contributed by atoms with Crippen molar-refractivity contribution >= 4 is 24.5 Å². The Morgan fingerprint density at radius 3 is 2.08 bits per heavy atom. The quantitative estimate of drug-likeness (QED) is 0.511. The van der Waals surface area contributed by atoms with E-state index >= 15 is 0 Å². The summed E-state index contributed by atoms with van der Waals surface area (Å²) < 4.78 is 36.5. The molecule has 0 N–H and O–H groups in total. The number of carbonyl (C=O) groups excluding carboxylic acids is 1. The second kappa shape index (κ2) is 3.52. The molecule has 0 atom stereocenters. The van der Waals surface area contributed by atoms with Gasteiger partial charge in [0.2, 0.25) is 8.32 Å². The molecule has 7 heteroatoms. The maximum atomic E-state index is 11.9. The van der Waals surface area contributed by atoms with E-state index in [0.29, 0.717) is 0 Å². The first kappa shape index (κ1) is 11.6. The van der Waals surface area contributed by atoms with Crippen molar-refractivity contribution in [1.29, 1.82) is 0 Å². The van der Waals surface area contributed by atoms with E-state index in [4.69, 9.17) is 4.43 Å². The Morgan fingerprint density at radius 2 is 1.83 bits per heavy atom. The molecule has 72 valence electrons. The van der Waals surface area contributed by atoms with Gasteiger partial charge >= 0.3 is 16.2 Å². The van der Waals surface area contributed by atoms with Crippen LogP contribution in [0.1, 0.15) is 0 Å². The molecule has 0 saturated carbocycles. The van der Waals surface area contributed by atoms with Crippen molar-refractivity contribution in [3.8, 4) is 0 Å². The van der Waals surface area contributed by atoms with E-state index in [-0.39, 0.29) is 0 Å². The largest absolute Gasteiger partial charge is 0.519 e. The predicted molar refractivity (Wildman–Crippen MR) is 44.3 cm³/mol. The molecule has 0 amide bonds. The lowest BCUT2D eigenvalue weighted by Crippen LogP contribution is -2.31. The molecule has 0 aliphatic rings. The molecule has 0 bridgehead atoms. The van der Waals surface area contributed by atoms with Gasteiger partial charge in [-0.3, -0.25) is 4.79 Å². The van der Waals surface area contributed by atoms with Crippen LogP contribution in [0.25, 0.3) is 0 Å².